The quantitative estimate of drug-likeness (QED) is 0.505. The van der Waals surface area contributed by atoms with Crippen molar-refractivity contribution in [2.75, 3.05) is 5.73 Å². The predicted octanol–water partition coefficient (Wildman–Crippen LogP) is 1.89. The van der Waals surface area contributed by atoms with Crippen LogP contribution >= 0.6 is 23.5 Å². The highest BCUT2D eigenvalue weighted by Gasteiger charge is 1.95. The standard InChI is InChI=1S/C6H7ClN2S/c7-5-3-4(10-9)1-2-6(5)8/h1-3H,8-9H2. The van der Waals surface area contributed by atoms with Crippen LogP contribution in [0.25, 0.3) is 0 Å². The van der Waals surface area contributed by atoms with Crippen LogP contribution in [0.1, 0.15) is 0 Å². The van der Waals surface area contributed by atoms with Crippen LogP contribution < -0.4 is 10.9 Å². The fourth-order valence-electron chi connectivity index (χ4n) is 0.581. The molecule has 0 heterocycles. The normalized spacial score (nSPS) is 9.80. The van der Waals surface area contributed by atoms with Crippen LogP contribution in [0.3, 0.4) is 0 Å². The third-order valence-electron chi connectivity index (χ3n) is 1.11. The fraction of sp³-hybridized carbons (Fsp3) is 0. The first-order valence-corrected chi connectivity index (χ1v) is 3.91. The molecule has 4 heteroatoms. The summed E-state index contributed by atoms with van der Waals surface area (Å²) in [5.74, 6) is 0. The van der Waals surface area contributed by atoms with Crippen LogP contribution in [0.2, 0.25) is 5.02 Å². The van der Waals surface area contributed by atoms with Crippen molar-refractivity contribution in [2.45, 2.75) is 4.90 Å². The van der Waals surface area contributed by atoms with Crippen molar-refractivity contribution >= 4 is 29.2 Å². The summed E-state index contributed by atoms with van der Waals surface area (Å²) in [6.45, 7) is 0. The summed E-state index contributed by atoms with van der Waals surface area (Å²) in [5, 5.41) is 5.84. The molecule has 54 valence electrons. The second-order valence-electron chi connectivity index (χ2n) is 1.80. The Balaban J connectivity index is 3.04. The van der Waals surface area contributed by atoms with Gasteiger partial charge < -0.3 is 5.73 Å². The van der Waals surface area contributed by atoms with Gasteiger partial charge in [-0.1, -0.05) is 11.6 Å². The zero-order valence-electron chi connectivity index (χ0n) is 5.17. The molecule has 0 saturated heterocycles. The van der Waals surface area contributed by atoms with E-state index in [1.807, 2.05) is 6.07 Å². The molecule has 1 rings (SSSR count). The minimum Gasteiger partial charge on any atom is -0.398 e. The van der Waals surface area contributed by atoms with E-state index in [0.717, 1.165) is 16.8 Å². The summed E-state index contributed by atoms with van der Waals surface area (Å²) in [6.07, 6.45) is 0. The number of hydrogen-bond acceptors (Lipinski definition) is 3. The Morgan fingerprint density at radius 1 is 1.40 bits per heavy atom. The average molecular weight is 175 g/mol. The van der Waals surface area contributed by atoms with E-state index in [1.165, 1.54) is 0 Å². The van der Waals surface area contributed by atoms with Crippen LogP contribution in [0.15, 0.2) is 23.1 Å². The van der Waals surface area contributed by atoms with Gasteiger partial charge in [0.05, 0.1) is 10.7 Å². The highest BCUT2D eigenvalue weighted by Crippen LogP contribution is 2.23. The van der Waals surface area contributed by atoms with Crippen molar-refractivity contribution in [3.8, 4) is 0 Å². The number of hydrogen-bond donors (Lipinski definition) is 2. The predicted molar refractivity (Wildman–Crippen MR) is 45.9 cm³/mol. The monoisotopic (exact) mass is 174 g/mol. The maximum absolute atomic E-state index is 5.70. The number of anilines is 1. The second-order valence-corrected chi connectivity index (χ2v) is 2.92. The van der Waals surface area contributed by atoms with E-state index in [9.17, 15) is 0 Å². The molecule has 0 aliphatic rings. The first kappa shape index (κ1) is 7.72. The van der Waals surface area contributed by atoms with E-state index in [2.05, 4.69) is 0 Å². The number of nitrogens with two attached hydrogens (primary N) is 2. The van der Waals surface area contributed by atoms with Crippen LogP contribution in [0.4, 0.5) is 5.69 Å². The Morgan fingerprint density at radius 2 is 2.10 bits per heavy atom. The van der Waals surface area contributed by atoms with Gasteiger partial charge in [-0.05, 0) is 30.1 Å². The molecule has 0 aromatic heterocycles. The molecule has 4 N–H and O–H groups in total. The molecular formula is C6H7ClN2S. The van der Waals surface area contributed by atoms with Crippen LogP contribution in [0, 0.1) is 0 Å². The molecule has 0 saturated carbocycles. The smallest absolute Gasteiger partial charge is 0.0647 e. The Kier molecular flexibility index (Phi) is 2.43. The van der Waals surface area contributed by atoms with Gasteiger partial charge in [0.1, 0.15) is 0 Å². The van der Waals surface area contributed by atoms with Crippen molar-refractivity contribution < 1.29 is 0 Å². The van der Waals surface area contributed by atoms with Gasteiger partial charge in [0.2, 0.25) is 0 Å². The van der Waals surface area contributed by atoms with Crippen LogP contribution in [-0.2, 0) is 0 Å². The van der Waals surface area contributed by atoms with Crippen LogP contribution in [0.5, 0.6) is 0 Å². The van der Waals surface area contributed by atoms with E-state index in [-0.39, 0.29) is 0 Å². The van der Waals surface area contributed by atoms with Gasteiger partial charge in [0.15, 0.2) is 0 Å². The summed E-state index contributed by atoms with van der Waals surface area (Å²) < 4.78 is 0. The number of benzene rings is 1. The molecule has 0 unspecified atom stereocenters. The molecule has 0 bridgehead atoms. The van der Waals surface area contributed by atoms with E-state index >= 15 is 0 Å². The van der Waals surface area contributed by atoms with Crippen molar-refractivity contribution in [3.05, 3.63) is 23.2 Å². The Bertz CT molecular complexity index is 239. The Morgan fingerprint density at radius 3 is 2.60 bits per heavy atom. The van der Waals surface area contributed by atoms with Gasteiger partial charge in [-0.25, -0.2) is 0 Å². The SMILES string of the molecule is NSc1ccc(N)c(Cl)c1. The summed E-state index contributed by atoms with van der Waals surface area (Å²) in [6, 6.07) is 5.30. The third-order valence-corrected chi connectivity index (χ3v) is 1.96. The molecule has 0 fully saturated rings. The lowest BCUT2D eigenvalue weighted by molar-refractivity contribution is 1.46. The third kappa shape index (κ3) is 1.56. The molecule has 0 aliphatic carbocycles. The maximum atomic E-state index is 5.70. The van der Waals surface area contributed by atoms with Crippen molar-refractivity contribution in [2.24, 2.45) is 5.14 Å². The van der Waals surface area contributed by atoms with Crippen LogP contribution in [-0.4, -0.2) is 0 Å². The molecule has 0 amide bonds. The highest BCUT2D eigenvalue weighted by atomic mass is 35.5. The van der Waals surface area contributed by atoms with Gasteiger partial charge in [0.25, 0.3) is 0 Å². The Labute approximate surface area is 68.7 Å². The van der Waals surface area contributed by atoms with Gasteiger partial charge >= 0.3 is 0 Å². The molecule has 10 heavy (non-hydrogen) atoms. The average Bonchev–Trinajstić information content (AvgIpc) is 1.95. The van der Waals surface area contributed by atoms with E-state index in [1.54, 1.807) is 12.1 Å². The number of nitrogen functional groups attached to an aromatic ring is 1. The Hall–Kier alpha value is -0.380. The van der Waals surface area contributed by atoms with E-state index in [0.29, 0.717) is 10.7 Å². The second kappa shape index (κ2) is 3.14. The molecule has 2 nitrogen and oxygen atoms in total. The lowest BCUT2D eigenvalue weighted by Gasteiger charge is -1.98. The molecule has 0 spiro atoms. The topological polar surface area (TPSA) is 52.0 Å². The first-order valence-electron chi connectivity index (χ1n) is 2.66. The molecule has 0 aliphatic heterocycles. The zero-order chi connectivity index (χ0) is 7.56. The van der Waals surface area contributed by atoms with Gasteiger partial charge in [-0.2, -0.15) is 0 Å². The van der Waals surface area contributed by atoms with Crippen molar-refractivity contribution in [1.29, 1.82) is 0 Å². The number of rotatable bonds is 1. The molecule has 0 radical (unpaired) electrons. The molecule has 0 atom stereocenters. The van der Waals surface area contributed by atoms with Gasteiger partial charge in [-0.15, -0.1) is 0 Å². The minimum absolute atomic E-state index is 0.551. The van der Waals surface area contributed by atoms with E-state index < -0.39 is 0 Å². The van der Waals surface area contributed by atoms with E-state index in [4.69, 9.17) is 22.5 Å². The molecular weight excluding hydrogens is 168 g/mol. The lowest BCUT2D eigenvalue weighted by Crippen LogP contribution is -1.86. The minimum atomic E-state index is 0.551. The summed E-state index contributed by atoms with van der Waals surface area (Å²) >= 11 is 6.85. The van der Waals surface area contributed by atoms with Crippen molar-refractivity contribution in [1.82, 2.24) is 0 Å². The largest absolute Gasteiger partial charge is 0.398 e. The first-order chi connectivity index (χ1) is 4.74. The lowest BCUT2D eigenvalue weighted by atomic mass is 10.3. The fourth-order valence-corrected chi connectivity index (χ4v) is 1.16. The maximum Gasteiger partial charge on any atom is 0.0647 e. The zero-order valence-corrected chi connectivity index (χ0v) is 6.75. The summed E-state index contributed by atoms with van der Waals surface area (Å²) in [4.78, 5) is 0.916. The molecule has 1 aromatic rings. The van der Waals surface area contributed by atoms with Gasteiger partial charge in [-0.3, -0.25) is 5.14 Å². The van der Waals surface area contributed by atoms with Gasteiger partial charge in [0, 0.05) is 4.90 Å². The summed E-state index contributed by atoms with van der Waals surface area (Å²) in [5.41, 5.74) is 6.04. The number of halogens is 1. The van der Waals surface area contributed by atoms with Crippen molar-refractivity contribution in [3.63, 3.8) is 0 Å². The summed E-state index contributed by atoms with van der Waals surface area (Å²) in [7, 11) is 0. The molecule has 1 aromatic carbocycles. The highest BCUT2D eigenvalue weighted by molar-refractivity contribution is 7.97.